The van der Waals surface area contributed by atoms with Gasteiger partial charge in [0, 0.05) is 17.8 Å². The Balaban J connectivity index is 1.86. The summed E-state index contributed by atoms with van der Waals surface area (Å²) in [6, 6.07) is 18.1. The molecule has 32 heavy (non-hydrogen) atoms. The lowest BCUT2D eigenvalue weighted by molar-refractivity contribution is 0.0516. The van der Waals surface area contributed by atoms with E-state index in [4.69, 9.17) is 14.6 Å². The molecular weight excluding hydrogens is 424 g/mol. The van der Waals surface area contributed by atoms with Crippen LogP contribution in [0.2, 0.25) is 0 Å². The number of aryl methyl sites for hydroxylation is 1. The first-order valence-electron chi connectivity index (χ1n) is 10.3. The Bertz CT molecular complexity index is 1220. The molecule has 164 valence electrons. The fourth-order valence-electron chi connectivity index (χ4n) is 3.40. The van der Waals surface area contributed by atoms with Gasteiger partial charge < -0.3 is 9.47 Å². The smallest absolute Gasteiger partial charge is 0.360 e. The van der Waals surface area contributed by atoms with Crippen LogP contribution < -0.4 is 0 Å². The first-order valence-corrected chi connectivity index (χ1v) is 11.3. The summed E-state index contributed by atoms with van der Waals surface area (Å²) in [6.45, 7) is 4.39. The summed E-state index contributed by atoms with van der Waals surface area (Å²) >= 11 is 1.60. The lowest BCUT2D eigenvalue weighted by Gasteiger charge is -2.10. The van der Waals surface area contributed by atoms with Gasteiger partial charge in [0.15, 0.2) is 11.3 Å². The van der Waals surface area contributed by atoms with Crippen LogP contribution >= 0.6 is 11.8 Å². The van der Waals surface area contributed by atoms with Gasteiger partial charge >= 0.3 is 5.97 Å². The highest BCUT2D eigenvalue weighted by molar-refractivity contribution is 7.98. The van der Waals surface area contributed by atoms with Crippen molar-refractivity contribution < 1.29 is 14.3 Å². The minimum absolute atomic E-state index is 0.171. The number of methoxy groups -OCH3 is 1. The number of aromatic nitrogens is 4. The molecule has 2 aromatic heterocycles. The Morgan fingerprint density at radius 3 is 2.50 bits per heavy atom. The van der Waals surface area contributed by atoms with E-state index in [0.717, 1.165) is 21.7 Å². The number of carbonyl (C=O) groups excluding carboxylic acids is 1. The molecule has 0 unspecified atom stereocenters. The summed E-state index contributed by atoms with van der Waals surface area (Å²) in [6.07, 6.45) is 0. The van der Waals surface area contributed by atoms with Crippen LogP contribution in [0, 0.1) is 6.92 Å². The molecule has 2 aromatic carbocycles. The number of hydrogen-bond donors (Lipinski definition) is 0. The molecule has 0 saturated carbocycles. The third-order valence-electron chi connectivity index (χ3n) is 4.92. The van der Waals surface area contributed by atoms with Crippen LogP contribution in [0.25, 0.3) is 16.8 Å². The Morgan fingerprint density at radius 2 is 1.81 bits per heavy atom. The summed E-state index contributed by atoms with van der Waals surface area (Å²) in [5.41, 5.74) is 5.12. The number of fused-ring (bicyclic) bond motifs is 1. The molecule has 0 aliphatic rings. The highest BCUT2D eigenvalue weighted by Crippen LogP contribution is 2.31. The van der Waals surface area contributed by atoms with Gasteiger partial charge in [-0.15, -0.1) is 22.0 Å². The molecule has 2 heterocycles. The molecule has 0 radical (unpaired) electrons. The number of carbonyl (C=O) groups is 1. The molecule has 0 spiro atoms. The minimum atomic E-state index is -0.508. The number of thioether (sulfide) groups is 1. The van der Waals surface area contributed by atoms with E-state index in [1.54, 1.807) is 30.3 Å². The van der Waals surface area contributed by atoms with Gasteiger partial charge in [0.05, 0.1) is 30.2 Å². The Hall–Kier alpha value is -3.23. The van der Waals surface area contributed by atoms with E-state index in [1.807, 2.05) is 30.3 Å². The maximum absolute atomic E-state index is 12.7. The molecule has 4 aromatic rings. The quantitative estimate of drug-likeness (QED) is 0.285. The van der Waals surface area contributed by atoms with Crippen LogP contribution in [0.15, 0.2) is 59.5 Å². The summed E-state index contributed by atoms with van der Waals surface area (Å²) < 4.78 is 12.3. The molecule has 0 aliphatic carbocycles. The van der Waals surface area contributed by atoms with Crippen molar-refractivity contribution in [2.24, 2.45) is 0 Å². The van der Waals surface area contributed by atoms with Crippen molar-refractivity contribution in [1.82, 2.24) is 19.8 Å². The van der Waals surface area contributed by atoms with Gasteiger partial charge in [0.1, 0.15) is 0 Å². The van der Waals surface area contributed by atoms with E-state index < -0.39 is 5.97 Å². The predicted octanol–water partition coefficient (Wildman–Crippen LogP) is 4.72. The topological polar surface area (TPSA) is 78.6 Å². The predicted molar refractivity (Wildman–Crippen MR) is 124 cm³/mol. The molecule has 0 atom stereocenters. The molecular formula is C24H24N4O3S. The van der Waals surface area contributed by atoms with E-state index in [9.17, 15) is 4.79 Å². The number of esters is 1. The molecule has 0 saturated heterocycles. The van der Waals surface area contributed by atoms with Gasteiger partial charge in [-0.25, -0.2) is 9.31 Å². The zero-order valence-electron chi connectivity index (χ0n) is 18.2. The van der Waals surface area contributed by atoms with Gasteiger partial charge in [-0.2, -0.15) is 5.10 Å². The van der Waals surface area contributed by atoms with Crippen molar-refractivity contribution in [3.8, 4) is 11.1 Å². The summed E-state index contributed by atoms with van der Waals surface area (Å²) in [4.78, 5) is 13.7. The number of ether oxygens (including phenoxy) is 2. The molecule has 0 fully saturated rings. The number of nitrogens with zero attached hydrogens (tertiary/aromatic N) is 4. The Kier molecular flexibility index (Phi) is 6.82. The highest BCUT2D eigenvalue weighted by Gasteiger charge is 2.24. The van der Waals surface area contributed by atoms with Gasteiger partial charge in [-0.1, -0.05) is 48.0 Å². The zero-order chi connectivity index (χ0) is 22.5. The number of rotatable bonds is 8. The normalized spacial score (nSPS) is 11.1. The summed E-state index contributed by atoms with van der Waals surface area (Å²) in [5, 5.41) is 13.4. The molecule has 7 nitrogen and oxygen atoms in total. The van der Waals surface area contributed by atoms with Crippen LogP contribution in [0.1, 0.15) is 34.4 Å². The van der Waals surface area contributed by atoms with Crippen LogP contribution in [0.3, 0.4) is 0 Å². The third kappa shape index (κ3) is 4.51. The zero-order valence-corrected chi connectivity index (χ0v) is 19.1. The van der Waals surface area contributed by atoms with Crippen LogP contribution in [0.5, 0.6) is 0 Å². The summed E-state index contributed by atoms with van der Waals surface area (Å²) in [5.74, 6) is -0.0302. The molecule has 0 N–H and O–H groups in total. The van der Waals surface area contributed by atoms with E-state index in [-0.39, 0.29) is 12.3 Å². The SMILES string of the molecule is CCOC(=O)c1nnc2c(-c3ccccc3)c(COC)nn2c1CSc1ccc(C)cc1. The van der Waals surface area contributed by atoms with E-state index in [0.29, 0.717) is 23.7 Å². The van der Waals surface area contributed by atoms with Crippen LogP contribution in [-0.4, -0.2) is 39.5 Å². The van der Waals surface area contributed by atoms with Crippen molar-refractivity contribution >= 4 is 23.4 Å². The third-order valence-corrected chi connectivity index (χ3v) is 5.94. The number of hydrogen-bond acceptors (Lipinski definition) is 7. The molecule has 0 amide bonds. The van der Waals surface area contributed by atoms with E-state index in [1.165, 1.54) is 5.56 Å². The van der Waals surface area contributed by atoms with Crippen molar-refractivity contribution in [2.75, 3.05) is 13.7 Å². The van der Waals surface area contributed by atoms with Crippen molar-refractivity contribution in [2.45, 2.75) is 31.1 Å². The Morgan fingerprint density at radius 1 is 1.06 bits per heavy atom. The first kappa shape index (κ1) is 22.0. The number of benzene rings is 2. The monoisotopic (exact) mass is 448 g/mol. The van der Waals surface area contributed by atoms with Gasteiger partial charge in [0.2, 0.25) is 0 Å². The van der Waals surface area contributed by atoms with Gasteiger partial charge in [0.25, 0.3) is 0 Å². The van der Waals surface area contributed by atoms with E-state index >= 15 is 0 Å². The maximum atomic E-state index is 12.7. The van der Waals surface area contributed by atoms with Crippen LogP contribution in [-0.2, 0) is 21.8 Å². The second kappa shape index (κ2) is 9.93. The van der Waals surface area contributed by atoms with Crippen molar-refractivity contribution in [3.05, 3.63) is 77.2 Å². The van der Waals surface area contributed by atoms with Crippen LogP contribution in [0.4, 0.5) is 0 Å². The fourth-order valence-corrected chi connectivity index (χ4v) is 4.29. The average molecular weight is 449 g/mol. The Labute approximate surface area is 190 Å². The standard InChI is InChI=1S/C24H24N4O3S/c1-4-31-24(29)22-20(15-32-18-12-10-16(2)11-13-18)28-23(26-25-22)21(19(27-28)14-30-3)17-8-6-5-7-9-17/h5-13H,4,14-15H2,1-3H3. The highest BCUT2D eigenvalue weighted by atomic mass is 32.2. The second-order valence-corrected chi connectivity index (χ2v) is 8.22. The van der Waals surface area contributed by atoms with Gasteiger partial charge in [-0.05, 0) is 31.5 Å². The van der Waals surface area contributed by atoms with Crippen molar-refractivity contribution in [3.63, 3.8) is 0 Å². The second-order valence-electron chi connectivity index (χ2n) is 7.17. The fraction of sp³-hybridized carbons (Fsp3) is 0.250. The molecule has 0 bridgehead atoms. The molecule has 4 rings (SSSR count). The van der Waals surface area contributed by atoms with Gasteiger partial charge in [-0.3, -0.25) is 0 Å². The lowest BCUT2D eigenvalue weighted by atomic mass is 10.1. The van der Waals surface area contributed by atoms with E-state index in [2.05, 4.69) is 41.4 Å². The average Bonchev–Trinajstić information content (AvgIpc) is 3.17. The largest absolute Gasteiger partial charge is 0.461 e. The molecule has 0 aliphatic heterocycles. The van der Waals surface area contributed by atoms with Crippen molar-refractivity contribution in [1.29, 1.82) is 0 Å². The maximum Gasteiger partial charge on any atom is 0.360 e. The molecule has 8 heteroatoms. The summed E-state index contributed by atoms with van der Waals surface area (Å²) in [7, 11) is 1.63. The lowest BCUT2D eigenvalue weighted by Crippen LogP contribution is -2.16. The minimum Gasteiger partial charge on any atom is -0.461 e. The first-order chi connectivity index (χ1) is 15.6.